The van der Waals surface area contributed by atoms with E-state index in [-0.39, 0.29) is 38.7 Å². The zero-order valence-corrected chi connectivity index (χ0v) is 86.3. The van der Waals surface area contributed by atoms with Crippen LogP contribution in [-0.2, 0) is 78.3 Å². The summed E-state index contributed by atoms with van der Waals surface area (Å²) in [5.41, 5.74) is 23.1. The molecule has 4 aromatic rings. The van der Waals surface area contributed by atoms with E-state index in [1.165, 1.54) is 120 Å². The monoisotopic (exact) mass is 1850 g/mol. The second-order valence-electron chi connectivity index (χ2n) is 34.3. The maximum atomic E-state index is 8.87. The van der Waals surface area contributed by atoms with E-state index < -0.39 is 0 Å². The van der Waals surface area contributed by atoms with Crippen molar-refractivity contribution >= 4 is 29.0 Å². The number of halogens is 1. The molecule has 0 spiro atoms. The van der Waals surface area contributed by atoms with E-state index in [9.17, 15) is 0 Å². The predicted octanol–water partition coefficient (Wildman–Crippen LogP) is 29.8. The highest BCUT2D eigenvalue weighted by Gasteiger charge is 2.16. The van der Waals surface area contributed by atoms with Crippen LogP contribution in [0.2, 0.25) is 0 Å². The third kappa shape index (κ3) is 79.2. The van der Waals surface area contributed by atoms with Crippen LogP contribution in [-0.4, -0.2) is 133 Å². The molecule has 3 N–H and O–H groups in total. The second-order valence-corrected chi connectivity index (χ2v) is 35.9. The molecule has 3 aliphatic heterocycles. The molecule has 3 fully saturated rings. The third-order valence-electron chi connectivity index (χ3n) is 20.8. The average Bonchev–Trinajstić information content (AvgIpc) is 0.984. The van der Waals surface area contributed by atoms with Gasteiger partial charge in [-0.2, -0.15) is 0 Å². The fourth-order valence-corrected chi connectivity index (χ4v) is 13.4. The Labute approximate surface area is 800 Å². The Morgan fingerprint density at radius 3 is 0.792 bits per heavy atom. The first-order valence-corrected chi connectivity index (χ1v) is 51.0. The van der Waals surface area contributed by atoms with Crippen LogP contribution in [0.3, 0.4) is 0 Å². The Balaban J connectivity index is 0.000000766. The van der Waals surface area contributed by atoms with Crippen molar-refractivity contribution < 1.29 is 67.2 Å². The molecule has 0 aromatic heterocycles. The Bertz CT molecular complexity index is 3760. The SMILES string of the molecule is C/C(=C\CC/C(C)=C/COC1CCCCO1)CO.C/C(=C\CCl)CC/C=C(\C)COCc1ccccc1.C/C(=C\CO)CC/C=C(\C)COCc1ccccc1.C/C(=C\COC1CCCCO1)CC/C=C(\C)COCc1ccccc1.C/C(=C\COPP)CC/C=C(\C)COCc1ccccc1.CC(C)=CCC/C(C)=C/CO.CC(C)=CCC/C(C)=C/COC1CCCCO1. The number of hydrogen-bond donors (Lipinski definition) is 3. The van der Waals surface area contributed by atoms with Gasteiger partial charge >= 0.3 is 0 Å². The molecular weight excluding hydrogens is 1680 g/mol. The van der Waals surface area contributed by atoms with Crippen LogP contribution in [0.5, 0.6) is 0 Å². The molecule has 130 heavy (non-hydrogen) atoms. The summed E-state index contributed by atoms with van der Waals surface area (Å²) >= 11 is 5.65. The van der Waals surface area contributed by atoms with Crippen LogP contribution in [0.15, 0.2) is 284 Å². The molecule has 0 saturated carbocycles. The van der Waals surface area contributed by atoms with Crippen molar-refractivity contribution in [2.75, 3.05) is 98.4 Å². The molecular formula is C113H175ClO14P2. The first kappa shape index (κ1) is 122. The minimum atomic E-state index is -0.000621. The lowest BCUT2D eigenvalue weighted by molar-refractivity contribution is -0.155. The molecule has 3 heterocycles. The molecule has 7 rings (SSSR count). The minimum Gasteiger partial charge on any atom is -0.392 e. The molecule has 17 heteroatoms. The number of allylic oxidation sites excluding steroid dienone is 17. The van der Waals surface area contributed by atoms with Crippen molar-refractivity contribution in [1.29, 1.82) is 0 Å². The van der Waals surface area contributed by atoms with Gasteiger partial charge in [0.05, 0.1) is 99.1 Å². The van der Waals surface area contributed by atoms with Crippen molar-refractivity contribution in [3.63, 3.8) is 0 Å². The summed E-state index contributed by atoms with van der Waals surface area (Å²) in [6.07, 6.45) is 55.0. The van der Waals surface area contributed by atoms with Gasteiger partial charge < -0.3 is 67.2 Å². The fourth-order valence-electron chi connectivity index (χ4n) is 12.6. The molecule has 0 radical (unpaired) electrons. The smallest absolute Gasteiger partial charge is 0.157 e. The molecule has 3 aliphatic rings. The van der Waals surface area contributed by atoms with Crippen LogP contribution in [0, 0.1) is 0 Å². The standard InChI is InChI=1S/C22H32O3.C17H23ClO.C17H26O2P2.C17H24O2.C15H26O3.C15H26O2.C10H18O/c1-19(14-16-25-22-13-6-7-15-24-22)9-8-10-20(2)17-23-18-21-11-4-3-5-12-21;1-15(11-12-18)7-6-8-16(2)13-19-14-17-9-4-3-5-10-17;1-15(11-12-19-21-20)7-6-8-16(2)13-18-14-17-9-4-3-5-10-17;1-15(11-12-18)7-6-8-16(2)13-19-14-17-9-4-3-5-10-17;1-13(6-5-7-14(2)12-16)9-11-18-15-8-3-4-10-17-15;1-13(2)7-6-8-14(3)10-12-17-15-9-4-5-11-16-15;1-9(2)5-4-6-10(3)7-8-11/h3-5,10-12,14,22H,6-9,13,15-18H2,1-2H3;3-5,8-11H,6-7,12-14H2,1-2H3;3-5,8-11,21H,6-7,12-14,20H2,1-2H3;3-5,8-11,18H,6-7,12-14H2,1-2H3;7,9,15-16H,3-6,8,10-12H2,1-2H3;7,10,15H,4-6,8-9,11-12H2,1-3H3;5,7,11H,4,6,8H2,1-3H3/b19-14+,20-10+;3*15-11+,16-8+;13-9+,14-7+;14-10+;10-7+. The van der Waals surface area contributed by atoms with Gasteiger partial charge in [-0.25, -0.2) is 0 Å². The van der Waals surface area contributed by atoms with Crippen molar-refractivity contribution in [2.24, 2.45) is 0 Å². The number of alkyl halides is 1. The number of hydrogen-bond acceptors (Lipinski definition) is 14. The van der Waals surface area contributed by atoms with Gasteiger partial charge in [-0.15, -0.1) is 11.6 Å². The lowest BCUT2D eigenvalue weighted by Gasteiger charge is -2.22. The summed E-state index contributed by atoms with van der Waals surface area (Å²) in [4.78, 5) is 0. The summed E-state index contributed by atoms with van der Waals surface area (Å²) in [5.74, 6) is 0.606. The van der Waals surface area contributed by atoms with E-state index in [0.717, 1.165) is 154 Å². The summed E-state index contributed by atoms with van der Waals surface area (Å²) in [6, 6.07) is 41.0. The van der Waals surface area contributed by atoms with E-state index in [4.69, 9.17) is 78.8 Å². The van der Waals surface area contributed by atoms with Crippen molar-refractivity contribution in [2.45, 2.75) is 304 Å². The van der Waals surface area contributed by atoms with Crippen LogP contribution in [0.1, 0.15) is 281 Å². The quantitative estimate of drug-likeness (QED) is 0.0166. The van der Waals surface area contributed by atoms with Crippen LogP contribution < -0.4 is 0 Å². The maximum absolute atomic E-state index is 8.87. The molecule has 0 aliphatic carbocycles. The number of benzene rings is 4. The van der Waals surface area contributed by atoms with Gasteiger partial charge in [0.15, 0.2) is 18.9 Å². The van der Waals surface area contributed by atoms with Crippen LogP contribution >= 0.6 is 29.0 Å². The Morgan fingerprint density at radius 1 is 0.315 bits per heavy atom. The van der Waals surface area contributed by atoms with Gasteiger partial charge in [-0.1, -0.05) is 293 Å². The number of aliphatic hydroxyl groups is 3. The minimum absolute atomic E-state index is 0.000621. The highest BCUT2D eigenvalue weighted by atomic mass is 35.5. The van der Waals surface area contributed by atoms with E-state index in [0.29, 0.717) is 87.1 Å². The first-order chi connectivity index (χ1) is 63.0. The molecule has 728 valence electrons. The highest BCUT2D eigenvalue weighted by molar-refractivity contribution is 8.00. The van der Waals surface area contributed by atoms with Gasteiger partial charge in [0.1, 0.15) is 0 Å². The lowest BCUT2D eigenvalue weighted by atomic mass is 10.1. The van der Waals surface area contributed by atoms with Crippen molar-refractivity contribution in [3.8, 4) is 0 Å². The van der Waals surface area contributed by atoms with Crippen molar-refractivity contribution in [1.82, 2.24) is 0 Å². The predicted molar refractivity (Wildman–Crippen MR) is 558 cm³/mol. The number of rotatable bonds is 53. The second kappa shape index (κ2) is 86.9. The summed E-state index contributed by atoms with van der Waals surface area (Å²) in [7, 11) is 3.07. The zero-order chi connectivity index (χ0) is 95.3. The Morgan fingerprint density at radius 2 is 0.562 bits per heavy atom. The van der Waals surface area contributed by atoms with Crippen molar-refractivity contribution in [3.05, 3.63) is 307 Å². The van der Waals surface area contributed by atoms with E-state index in [2.05, 4.69) is 227 Å². The van der Waals surface area contributed by atoms with Crippen LogP contribution in [0.4, 0.5) is 0 Å². The molecule has 0 bridgehead atoms. The van der Waals surface area contributed by atoms with E-state index >= 15 is 0 Å². The maximum Gasteiger partial charge on any atom is 0.157 e. The van der Waals surface area contributed by atoms with E-state index in [1.807, 2.05) is 98.8 Å². The number of aliphatic hydroxyl groups excluding tert-OH is 3. The molecule has 5 atom stereocenters. The average molecular weight is 1860 g/mol. The first-order valence-electron chi connectivity index (χ1n) is 47.7. The summed E-state index contributed by atoms with van der Waals surface area (Å²) < 4.78 is 61.8. The Hall–Kier alpha value is -6.17. The molecule has 14 nitrogen and oxygen atoms in total. The summed E-state index contributed by atoms with van der Waals surface area (Å²) in [5, 5.41) is 26.2. The molecule has 5 unspecified atom stereocenters. The fraction of sp³-hybridized carbons (Fsp3) is 0.540. The highest BCUT2D eigenvalue weighted by Crippen LogP contribution is 2.23. The Kier molecular flexibility index (Phi) is 81.5. The van der Waals surface area contributed by atoms with E-state index in [1.54, 1.807) is 0 Å². The number of ether oxygens (including phenoxy) is 10. The lowest BCUT2D eigenvalue weighted by Crippen LogP contribution is -2.22. The van der Waals surface area contributed by atoms with Gasteiger partial charge in [0.25, 0.3) is 0 Å². The summed E-state index contributed by atoms with van der Waals surface area (Å²) in [6.45, 7) is 44.9. The molecule has 0 amide bonds. The van der Waals surface area contributed by atoms with Gasteiger partial charge in [0, 0.05) is 34.2 Å². The van der Waals surface area contributed by atoms with Gasteiger partial charge in [-0.3, -0.25) is 0 Å². The largest absolute Gasteiger partial charge is 0.392 e. The third-order valence-corrected chi connectivity index (χ3v) is 21.8. The van der Waals surface area contributed by atoms with Crippen LogP contribution in [0.25, 0.3) is 0 Å². The topological polar surface area (TPSA) is 162 Å². The van der Waals surface area contributed by atoms with Gasteiger partial charge in [0.2, 0.25) is 0 Å². The molecule has 3 saturated heterocycles. The molecule has 4 aromatic carbocycles. The zero-order valence-electron chi connectivity index (χ0n) is 83.3. The van der Waals surface area contributed by atoms with Gasteiger partial charge in [-0.05, 0) is 281 Å². The normalized spacial score (nSPS) is 16.4.